The topological polar surface area (TPSA) is 132 Å². The van der Waals surface area contributed by atoms with E-state index in [1.54, 1.807) is 32.0 Å². The summed E-state index contributed by atoms with van der Waals surface area (Å²) < 4.78 is 5.17. The summed E-state index contributed by atoms with van der Waals surface area (Å²) in [5.74, 6) is 0.565. The van der Waals surface area contributed by atoms with Gasteiger partial charge in [-0.2, -0.15) is 0 Å². The smallest absolute Gasteiger partial charge is 0.320 e. The first-order valence-electron chi connectivity index (χ1n) is 9.78. The van der Waals surface area contributed by atoms with E-state index in [0.29, 0.717) is 40.3 Å². The number of pyridine rings is 1. The number of hydrogen-bond donors (Lipinski definition) is 5. The van der Waals surface area contributed by atoms with Crippen molar-refractivity contribution in [1.29, 1.82) is 0 Å². The monoisotopic (exact) mass is 447 g/mol. The number of urea groups is 1. The van der Waals surface area contributed by atoms with Crippen molar-refractivity contribution in [3.63, 3.8) is 0 Å². The number of nitrogens with zero attached hydrogens (tertiary/aromatic N) is 2. The molecule has 31 heavy (non-hydrogen) atoms. The summed E-state index contributed by atoms with van der Waals surface area (Å²) in [4.78, 5) is 17.0. The largest absolute Gasteiger partial charge is 0.479 e. The van der Waals surface area contributed by atoms with Crippen LogP contribution < -0.4 is 15.4 Å². The molecule has 10 heteroatoms. The number of H-pyrrole nitrogens is 1. The molecule has 1 unspecified atom stereocenters. The number of methoxy groups -OCH3 is 1. The number of carbonyl (C=O) groups excluding carboxylic acids is 1. The van der Waals surface area contributed by atoms with E-state index >= 15 is 0 Å². The van der Waals surface area contributed by atoms with Crippen LogP contribution in [0.2, 0.25) is 5.02 Å². The Morgan fingerprint density at radius 3 is 2.65 bits per heavy atom. The molecule has 0 fully saturated rings. The second-order valence-electron chi connectivity index (χ2n) is 7.82. The molecule has 0 saturated heterocycles. The Balaban J connectivity index is 1.79. The van der Waals surface area contributed by atoms with Crippen LogP contribution in [0.3, 0.4) is 0 Å². The van der Waals surface area contributed by atoms with Crippen LogP contribution in [0.15, 0.2) is 30.3 Å². The molecule has 0 aliphatic heterocycles. The molecule has 2 aromatic heterocycles. The third-order valence-corrected chi connectivity index (χ3v) is 5.05. The maximum Gasteiger partial charge on any atom is 0.320 e. The summed E-state index contributed by atoms with van der Waals surface area (Å²) in [5.41, 5.74) is 0.893. The molecule has 9 nitrogen and oxygen atoms in total. The molecule has 3 rings (SSSR count). The van der Waals surface area contributed by atoms with Crippen LogP contribution in [0.25, 0.3) is 10.9 Å². The number of aromatic nitrogens is 3. The lowest BCUT2D eigenvalue weighted by Gasteiger charge is -2.24. The third-order valence-electron chi connectivity index (χ3n) is 4.79. The average molecular weight is 448 g/mol. The average Bonchev–Trinajstić information content (AvgIpc) is 3.13. The predicted molar refractivity (Wildman–Crippen MR) is 118 cm³/mol. The van der Waals surface area contributed by atoms with Crippen LogP contribution >= 0.6 is 11.6 Å². The van der Waals surface area contributed by atoms with Gasteiger partial charge in [0, 0.05) is 11.1 Å². The van der Waals surface area contributed by atoms with Gasteiger partial charge in [0.15, 0.2) is 0 Å². The summed E-state index contributed by atoms with van der Waals surface area (Å²) in [6.07, 6.45) is 0.998. The van der Waals surface area contributed by atoms with Gasteiger partial charge in [0.25, 0.3) is 0 Å². The van der Waals surface area contributed by atoms with Gasteiger partial charge in [-0.25, -0.2) is 9.78 Å². The van der Waals surface area contributed by atoms with Crippen LogP contribution in [0.1, 0.15) is 44.0 Å². The lowest BCUT2D eigenvalue weighted by molar-refractivity contribution is 0.0657. The van der Waals surface area contributed by atoms with Crippen LogP contribution in [-0.4, -0.2) is 44.1 Å². The van der Waals surface area contributed by atoms with Crippen LogP contribution in [-0.2, 0) is 6.61 Å². The molecule has 2 amide bonds. The van der Waals surface area contributed by atoms with Gasteiger partial charge in [-0.1, -0.05) is 23.7 Å². The Morgan fingerprint density at radius 2 is 2.03 bits per heavy atom. The molecule has 1 aromatic carbocycles. The first kappa shape index (κ1) is 22.8. The van der Waals surface area contributed by atoms with E-state index < -0.39 is 11.6 Å². The fourth-order valence-corrected chi connectivity index (χ4v) is 3.37. The Hall–Kier alpha value is -2.88. The van der Waals surface area contributed by atoms with Crippen molar-refractivity contribution in [2.24, 2.45) is 0 Å². The highest BCUT2D eigenvalue weighted by Crippen LogP contribution is 2.28. The SMILES string of the molecule is COc1n[nH]c2cc(NC(=O)NC(CCC(C)(C)O)c3ccc(Cl)cc3)nc(CO)c12. The van der Waals surface area contributed by atoms with Gasteiger partial charge < -0.3 is 20.3 Å². The second-order valence-corrected chi connectivity index (χ2v) is 8.26. The molecular weight excluding hydrogens is 422 g/mol. The molecular formula is C21H26ClN5O4. The van der Waals surface area contributed by atoms with Crippen LogP contribution in [0.5, 0.6) is 5.88 Å². The molecule has 3 aromatic rings. The van der Waals surface area contributed by atoms with E-state index in [1.165, 1.54) is 7.11 Å². The number of nitrogens with one attached hydrogen (secondary N) is 3. The Bertz CT molecular complexity index is 1050. The van der Waals surface area contributed by atoms with Gasteiger partial charge in [0.2, 0.25) is 5.88 Å². The minimum Gasteiger partial charge on any atom is -0.479 e. The summed E-state index contributed by atoms with van der Waals surface area (Å²) in [7, 11) is 1.47. The maximum atomic E-state index is 12.7. The van der Waals surface area contributed by atoms with E-state index in [-0.39, 0.29) is 18.5 Å². The van der Waals surface area contributed by atoms with Crippen molar-refractivity contribution in [2.75, 3.05) is 12.4 Å². The standard InChI is InChI=1S/C21H26ClN5O4/c1-21(2,30)9-8-14(12-4-6-13(22)7-5-12)24-20(29)25-17-10-15-18(16(11-28)23-17)19(31-3)27-26-15/h4-7,10,14,28,30H,8-9,11H2,1-3H3,(H,26,27)(H2,23,24,25,29). The molecule has 166 valence electrons. The molecule has 1 atom stereocenters. The van der Waals surface area contributed by atoms with Crippen molar-refractivity contribution in [3.05, 3.63) is 46.6 Å². The minimum absolute atomic E-state index is 0.248. The first-order valence-corrected chi connectivity index (χ1v) is 10.2. The number of halogens is 1. The zero-order valence-electron chi connectivity index (χ0n) is 17.6. The Labute approximate surface area is 184 Å². The van der Waals surface area contributed by atoms with E-state index in [9.17, 15) is 15.0 Å². The van der Waals surface area contributed by atoms with Crippen molar-refractivity contribution >= 4 is 34.4 Å². The summed E-state index contributed by atoms with van der Waals surface area (Å²) >= 11 is 5.98. The van der Waals surface area contributed by atoms with E-state index in [4.69, 9.17) is 16.3 Å². The van der Waals surface area contributed by atoms with Crippen LogP contribution in [0, 0.1) is 0 Å². The molecule has 0 saturated carbocycles. The predicted octanol–water partition coefficient (Wildman–Crippen LogP) is 3.53. The van der Waals surface area contributed by atoms with Crippen molar-refractivity contribution < 1.29 is 19.7 Å². The maximum absolute atomic E-state index is 12.7. The molecule has 0 aliphatic rings. The minimum atomic E-state index is -0.870. The molecule has 0 bridgehead atoms. The van der Waals surface area contributed by atoms with E-state index in [2.05, 4.69) is 25.8 Å². The van der Waals surface area contributed by atoms with Gasteiger partial charge in [-0.3, -0.25) is 10.4 Å². The zero-order chi connectivity index (χ0) is 22.6. The number of rotatable bonds is 8. The molecule has 0 spiro atoms. The fraction of sp³-hybridized carbons (Fsp3) is 0.381. The van der Waals surface area contributed by atoms with Gasteiger partial charge >= 0.3 is 6.03 Å². The van der Waals surface area contributed by atoms with E-state index in [1.807, 2.05) is 12.1 Å². The number of anilines is 1. The van der Waals surface area contributed by atoms with Gasteiger partial charge in [-0.15, -0.1) is 5.10 Å². The Kier molecular flexibility index (Phi) is 6.99. The van der Waals surface area contributed by atoms with Gasteiger partial charge in [0.1, 0.15) is 5.82 Å². The number of amides is 2. The number of aliphatic hydroxyl groups excluding tert-OH is 1. The molecule has 0 aliphatic carbocycles. The first-order chi connectivity index (χ1) is 14.7. The number of hydrogen-bond acceptors (Lipinski definition) is 6. The number of carbonyl (C=O) groups is 1. The lowest BCUT2D eigenvalue weighted by Crippen LogP contribution is -2.34. The highest BCUT2D eigenvalue weighted by atomic mass is 35.5. The number of aromatic amines is 1. The quantitative estimate of drug-likeness (QED) is 0.359. The number of ether oxygens (including phenoxy) is 1. The molecule has 2 heterocycles. The van der Waals surface area contributed by atoms with Crippen LogP contribution in [0.4, 0.5) is 10.6 Å². The molecule has 5 N–H and O–H groups in total. The molecule has 0 radical (unpaired) electrons. The lowest BCUT2D eigenvalue weighted by atomic mass is 9.95. The zero-order valence-corrected chi connectivity index (χ0v) is 18.3. The Morgan fingerprint density at radius 1 is 1.32 bits per heavy atom. The summed E-state index contributed by atoms with van der Waals surface area (Å²) in [6, 6.07) is 7.96. The summed E-state index contributed by atoms with van der Waals surface area (Å²) in [5, 5.41) is 33.4. The third kappa shape index (κ3) is 5.84. The highest BCUT2D eigenvalue weighted by molar-refractivity contribution is 6.30. The number of benzene rings is 1. The van der Waals surface area contributed by atoms with Crippen molar-refractivity contribution in [3.8, 4) is 5.88 Å². The van der Waals surface area contributed by atoms with E-state index in [0.717, 1.165) is 5.56 Å². The number of fused-ring (bicyclic) bond motifs is 1. The van der Waals surface area contributed by atoms with Crippen molar-refractivity contribution in [1.82, 2.24) is 20.5 Å². The van der Waals surface area contributed by atoms with Crippen molar-refractivity contribution in [2.45, 2.75) is 44.9 Å². The normalized spacial score (nSPS) is 12.6. The number of aliphatic hydroxyl groups is 2. The second kappa shape index (κ2) is 9.51. The summed E-state index contributed by atoms with van der Waals surface area (Å²) in [6.45, 7) is 3.10. The van der Waals surface area contributed by atoms with Gasteiger partial charge in [-0.05, 0) is 44.4 Å². The fourth-order valence-electron chi connectivity index (χ4n) is 3.24. The highest BCUT2D eigenvalue weighted by Gasteiger charge is 2.21. The van der Waals surface area contributed by atoms with Gasteiger partial charge in [0.05, 0.1) is 42.0 Å².